The summed E-state index contributed by atoms with van der Waals surface area (Å²) in [5.74, 6) is 0.0601. The first-order valence-electron chi connectivity index (χ1n) is 7.88. The van der Waals surface area contributed by atoms with Crippen molar-refractivity contribution in [1.82, 2.24) is 4.90 Å². The third-order valence-corrected chi connectivity index (χ3v) is 5.69. The summed E-state index contributed by atoms with van der Waals surface area (Å²) in [4.78, 5) is 14.0. The van der Waals surface area contributed by atoms with E-state index < -0.39 is 11.5 Å². The number of carbonyl (C=O) groups is 1. The lowest BCUT2D eigenvalue weighted by atomic mass is 9.77. The highest BCUT2D eigenvalue weighted by molar-refractivity contribution is 5.78. The Morgan fingerprint density at radius 1 is 1.16 bits per heavy atom. The molecule has 19 heavy (non-hydrogen) atoms. The zero-order valence-corrected chi connectivity index (χ0v) is 11.7. The van der Waals surface area contributed by atoms with E-state index in [9.17, 15) is 9.90 Å². The van der Waals surface area contributed by atoms with E-state index >= 15 is 0 Å². The fourth-order valence-corrected chi connectivity index (χ4v) is 4.70. The minimum Gasteiger partial charge on any atom is -0.480 e. The molecule has 1 aliphatic heterocycles. The summed E-state index contributed by atoms with van der Waals surface area (Å²) in [6, 6.07) is 1.12. The second-order valence-corrected chi connectivity index (χ2v) is 6.85. The Balaban J connectivity index is 1.72. The predicted octanol–water partition coefficient (Wildman–Crippen LogP) is 1.98. The van der Waals surface area contributed by atoms with Crippen LogP contribution in [0.5, 0.6) is 0 Å². The molecular formula is C15H26N2O2. The van der Waals surface area contributed by atoms with Crippen LogP contribution < -0.4 is 5.73 Å². The minimum absolute atomic E-state index is 0.403. The number of fused-ring (bicyclic) bond motifs is 1. The van der Waals surface area contributed by atoms with E-state index in [-0.39, 0.29) is 0 Å². The molecule has 3 aliphatic rings. The van der Waals surface area contributed by atoms with E-state index in [0.29, 0.717) is 18.9 Å². The van der Waals surface area contributed by atoms with Gasteiger partial charge in [0.1, 0.15) is 5.54 Å². The van der Waals surface area contributed by atoms with Crippen LogP contribution in [0.2, 0.25) is 0 Å². The van der Waals surface area contributed by atoms with E-state index in [0.717, 1.165) is 31.3 Å². The van der Waals surface area contributed by atoms with Crippen molar-refractivity contribution in [3.05, 3.63) is 0 Å². The molecule has 2 saturated carbocycles. The molecule has 4 unspecified atom stereocenters. The van der Waals surface area contributed by atoms with Crippen molar-refractivity contribution in [3.8, 4) is 0 Å². The first-order chi connectivity index (χ1) is 9.10. The maximum atomic E-state index is 11.4. The van der Waals surface area contributed by atoms with Gasteiger partial charge in [0.2, 0.25) is 0 Å². The summed E-state index contributed by atoms with van der Waals surface area (Å²) >= 11 is 0. The molecule has 4 atom stereocenters. The SMILES string of the molecule is NC1(C(=O)O)CCCC(N2CCCC3CCCC32)C1. The van der Waals surface area contributed by atoms with Gasteiger partial charge in [-0.3, -0.25) is 9.69 Å². The summed E-state index contributed by atoms with van der Waals surface area (Å²) in [5, 5.41) is 9.36. The van der Waals surface area contributed by atoms with E-state index in [1.54, 1.807) is 0 Å². The molecule has 1 saturated heterocycles. The van der Waals surface area contributed by atoms with Crippen LogP contribution in [0.4, 0.5) is 0 Å². The number of rotatable bonds is 2. The molecule has 108 valence electrons. The van der Waals surface area contributed by atoms with Gasteiger partial charge >= 0.3 is 5.97 Å². The Morgan fingerprint density at radius 2 is 1.95 bits per heavy atom. The Labute approximate surface area is 115 Å². The van der Waals surface area contributed by atoms with Gasteiger partial charge in [0.15, 0.2) is 0 Å². The summed E-state index contributed by atoms with van der Waals surface area (Å²) in [7, 11) is 0. The number of piperidine rings is 1. The lowest BCUT2D eigenvalue weighted by Crippen LogP contribution is -2.58. The molecule has 1 heterocycles. The number of hydrogen-bond donors (Lipinski definition) is 2. The molecule has 0 aromatic carbocycles. The average Bonchev–Trinajstić information content (AvgIpc) is 2.86. The van der Waals surface area contributed by atoms with Crippen molar-refractivity contribution in [3.63, 3.8) is 0 Å². The normalized spacial score (nSPS) is 43.9. The molecule has 0 amide bonds. The fourth-order valence-electron chi connectivity index (χ4n) is 4.70. The summed E-state index contributed by atoms with van der Waals surface area (Å²) < 4.78 is 0. The second-order valence-electron chi connectivity index (χ2n) is 6.85. The monoisotopic (exact) mass is 266 g/mol. The van der Waals surface area contributed by atoms with Crippen LogP contribution in [0.15, 0.2) is 0 Å². The number of nitrogens with zero attached hydrogens (tertiary/aromatic N) is 1. The molecule has 3 N–H and O–H groups in total. The van der Waals surface area contributed by atoms with Crippen LogP contribution in [0.3, 0.4) is 0 Å². The molecule has 3 rings (SSSR count). The van der Waals surface area contributed by atoms with Crippen molar-refractivity contribution in [1.29, 1.82) is 0 Å². The largest absolute Gasteiger partial charge is 0.480 e. The van der Waals surface area contributed by atoms with Crippen molar-refractivity contribution >= 4 is 5.97 Å². The standard InChI is InChI=1S/C15H26N2O2/c16-15(14(18)19)8-2-6-12(10-15)17-9-3-5-11-4-1-7-13(11)17/h11-13H,1-10,16H2,(H,18,19). The highest BCUT2D eigenvalue weighted by atomic mass is 16.4. The van der Waals surface area contributed by atoms with Gasteiger partial charge in [-0.25, -0.2) is 0 Å². The van der Waals surface area contributed by atoms with Gasteiger partial charge in [-0.1, -0.05) is 6.42 Å². The molecule has 0 aromatic heterocycles. The Morgan fingerprint density at radius 3 is 2.74 bits per heavy atom. The van der Waals surface area contributed by atoms with Gasteiger partial charge in [0.25, 0.3) is 0 Å². The van der Waals surface area contributed by atoms with Gasteiger partial charge in [0.05, 0.1) is 0 Å². The third-order valence-electron chi connectivity index (χ3n) is 5.69. The smallest absolute Gasteiger partial charge is 0.323 e. The lowest BCUT2D eigenvalue weighted by molar-refractivity contribution is -0.146. The number of aliphatic carboxylic acids is 1. The van der Waals surface area contributed by atoms with E-state index in [2.05, 4.69) is 4.90 Å². The van der Waals surface area contributed by atoms with Crippen LogP contribution in [-0.2, 0) is 4.79 Å². The van der Waals surface area contributed by atoms with Crippen molar-refractivity contribution < 1.29 is 9.90 Å². The van der Waals surface area contributed by atoms with Crippen LogP contribution in [0, 0.1) is 5.92 Å². The molecule has 3 fully saturated rings. The molecular weight excluding hydrogens is 240 g/mol. The average molecular weight is 266 g/mol. The number of nitrogens with two attached hydrogens (primary N) is 1. The topological polar surface area (TPSA) is 66.6 Å². The van der Waals surface area contributed by atoms with Gasteiger partial charge in [-0.05, 0) is 63.8 Å². The minimum atomic E-state index is -0.978. The first kappa shape index (κ1) is 13.4. The first-order valence-corrected chi connectivity index (χ1v) is 7.88. The van der Waals surface area contributed by atoms with Crippen molar-refractivity contribution in [2.45, 2.75) is 75.4 Å². The molecule has 2 aliphatic carbocycles. The number of likely N-dealkylation sites (tertiary alicyclic amines) is 1. The predicted molar refractivity (Wildman–Crippen MR) is 73.9 cm³/mol. The highest BCUT2D eigenvalue weighted by Crippen LogP contribution is 2.41. The fraction of sp³-hybridized carbons (Fsp3) is 0.933. The third kappa shape index (κ3) is 2.40. The zero-order chi connectivity index (χ0) is 13.5. The van der Waals surface area contributed by atoms with Crippen molar-refractivity contribution in [2.24, 2.45) is 11.7 Å². The lowest BCUT2D eigenvalue weighted by Gasteiger charge is -2.47. The van der Waals surface area contributed by atoms with E-state index in [1.807, 2.05) is 0 Å². The number of carboxylic acids is 1. The number of carboxylic acid groups (broad SMARTS) is 1. The summed E-state index contributed by atoms with van der Waals surface area (Å²) in [6.45, 7) is 1.15. The van der Waals surface area contributed by atoms with Crippen LogP contribution in [0.25, 0.3) is 0 Å². The maximum Gasteiger partial charge on any atom is 0.323 e. The summed E-state index contributed by atoms with van der Waals surface area (Å²) in [5.41, 5.74) is 5.13. The maximum absolute atomic E-state index is 11.4. The summed E-state index contributed by atoms with van der Waals surface area (Å²) in [6.07, 6.45) is 10.1. The van der Waals surface area contributed by atoms with E-state index in [1.165, 1.54) is 32.1 Å². The molecule has 0 spiro atoms. The molecule has 4 heteroatoms. The second kappa shape index (κ2) is 5.06. The molecule has 0 aromatic rings. The molecule has 0 radical (unpaired) electrons. The van der Waals surface area contributed by atoms with Gasteiger partial charge in [0, 0.05) is 12.1 Å². The van der Waals surface area contributed by atoms with Crippen LogP contribution in [0.1, 0.15) is 57.8 Å². The number of hydrogen-bond acceptors (Lipinski definition) is 3. The van der Waals surface area contributed by atoms with Gasteiger partial charge < -0.3 is 10.8 Å². The Bertz CT molecular complexity index is 360. The van der Waals surface area contributed by atoms with Crippen LogP contribution >= 0.6 is 0 Å². The highest BCUT2D eigenvalue weighted by Gasteiger charge is 2.45. The van der Waals surface area contributed by atoms with E-state index in [4.69, 9.17) is 5.73 Å². The molecule has 0 bridgehead atoms. The Kier molecular flexibility index (Phi) is 3.56. The molecule has 4 nitrogen and oxygen atoms in total. The van der Waals surface area contributed by atoms with Gasteiger partial charge in [-0.15, -0.1) is 0 Å². The zero-order valence-electron chi connectivity index (χ0n) is 11.7. The quantitative estimate of drug-likeness (QED) is 0.802. The van der Waals surface area contributed by atoms with Crippen LogP contribution in [-0.4, -0.2) is 40.1 Å². The van der Waals surface area contributed by atoms with Gasteiger partial charge in [-0.2, -0.15) is 0 Å². The van der Waals surface area contributed by atoms with Crippen molar-refractivity contribution in [2.75, 3.05) is 6.54 Å². The Hall–Kier alpha value is -0.610.